The average Bonchev–Trinajstić information content (AvgIpc) is 2.36. The highest BCUT2D eigenvalue weighted by molar-refractivity contribution is 7.98. The Bertz CT molecular complexity index is 646. The molecular weight excluding hydrogens is 341 g/mol. The SMILES string of the molecule is CSc1ncc(C(=O)Nc2cc(Cl)cc(Cl)c2)c(Cl)n1. The summed E-state index contributed by atoms with van der Waals surface area (Å²) >= 11 is 19.0. The molecule has 8 heteroatoms. The molecular formula is C12H8Cl3N3OS. The van der Waals surface area contributed by atoms with Crippen molar-refractivity contribution in [3.05, 3.63) is 45.2 Å². The number of anilines is 1. The van der Waals surface area contributed by atoms with E-state index in [0.717, 1.165) is 0 Å². The number of carbonyl (C=O) groups excluding carboxylic acids is 1. The number of rotatable bonds is 3. The molecule has 104 valence electrons. The van der Waals surface area contributed by atoms with Crippen molar-refractivity contribution in [2.24, 2.45) is 0 Å². The van der Waals surface area contributed by atoms with Gasteiger partial charge in [0.1, 0.15) is 5.15 Å². The third-order valence-electron chi connectivity index (χ3n) is 2.27. The van der Waals surface area contributed by atoms with Crippen molar-refractivity contribution in [3.8, 4) is 0 Å². The predicted molar refractivity (Wildman–Crippen MR) is 83.2 cm³/mol. The molecule has 0 fully saturated rings. The maximum atomic E-state index is 12.1. The van der Waals surface area contributed by atoms with E-state index in [2.05, 4.69) is 15.3 Å². The molecule has 0 aliphatic carbocycles. The number of amides is 1. The first kappa shape index (κ1) is 15.4. The smallest absolute Gasteiger partial charge is 0.260 e. The topological polar surface area (TPSA) is 54.9 Å². The fourth-order valence-corrected chi connectivity index (χ4v) is 2.55. The Morgan fingerprint density at radius 3 is 2.40 bits per heavy atom. The number of carbonyl (C=O) groups is 1. The molecule has 2 rings (SSSR count). The van der Waals surface area contributed by atoms with Crippen molar-refractivity contribution in [1.82, 2.24) is 9.97 Å². The second kappa shape index (κ2) is 6.63. The second-order valence-electron chi connectivity index (χ2n) is 3.67. The number of aromatic nitrogens is 2. The van der Waals surface area contributed by atoms with Gasteiger partial charge in [0, 0.05) is 21.9 Å². The molecule has 0 aliphatic heterocycles. The molecule has 2 aromatic rings. The van der Waals surface area contributed by atoms with Crippen molar-refractivity contribution in [3.63, 3.8) is 0 Å². The molecule has 0 spiro atoms. The maximum absolute atomic E-state index is 12.1. The molecule has 0 radical (unpaired) electrons. The maximum Gasteiger partial charge on any atom is 0.260 e. The van der Waals surface area contributed by atoms with Gasteiger partial charge in [-0.2, -0.15) is 0 Å². The van der Waals surface area contributed by atoms with Crippen LogP contribution in [0.2, 0.25) is 15.2 Å². The highest BCUT2D eigenvalue weighted by Crippen LogP contribution is 2.24. The van der Waals surface area contributed by atoms with E-state index in [4.69, 9.17) is 34.8 Å². The van der Waals surface area contributed by atoms with Crippen LogP contribution in [0.15, 0.2) is 29.6 Å². The number of nitrogens with one attached hydrogen (secondary N) is 1. The Labute approximate surface area is 134 Å². The van der Waals surface area contributed by atoms with E-state index >= 15 is 0 Å². The zero-order valence-corrected chi connectivity index (χ0v) is 13.2. The van der Waals surface area contributed by atoms with E-state index < -0.39 is 5.91 Å². The van der Waals surface area contributed by atoms with E-state index in [9.17, 15) is 4.79 Å². The van der Waals surface area contributed by atoms with E-state index in [0.29, 0.717) is 20.9 Å². The van der Waals surface area contributed by atoms with E-state index in [1.54, 1.807) is 18.2 Å². The predicted octanol–water partition coefficient (Wildman–Crippen LogP) is 4.41. The van der Waals surface area contributed by atoms with E-state index in [1.807, 2.05) is 6.26 Å². The van der Waals surface area contributed by atoms with E-state index in [-0.39, 0.29) is 10.7 Å². The lowest BCUT2D eigenvalue weighted by atomic mass is 10.2. The average molecular weight is 349 g/mol. The minimum absolute atomic E-state index is 0.0926. The van der Waals surface area contributed by atoms with Crippen molar-refractivity contribution in [2.75, 3.05) is 11.6 Å². The van der Waals surface area contributed by atoms with Gasteiger partial charge in [-0.3, -0.25) is 4.79 Å². The molecule has 0 bridgehead atoms. The molecule has 20 heavy (non-hydrogen) atoms. The van der Waals surface area contributed by atoms with Gasteiger partial charge in [0.25, 0.3) is 5.91 Å². The first-order valence-electron chi connectivity index (χ1n) is 5.33. The first-order chi connectivity index (χ1) is 9.49. The Kier molecular flexibility index (Phi) is 5.10. The Balaban J connectivity index is 2.23. The minimum Gasteiger partial charge on any atom is -0.322 e. The molecule has 0 saturated heterocycles. The van der Waals surface area contributed by atoms with E-state index in [1.165, 1.54) is 18.0 Å². The highest BCUT2D eigenvalue weighted by atomic mass is 35.5. The molecule has 0 atom stereocenters. The zero-order valence-electron chi connectivity index (χ0n) is 10.2. The van der Waals surface area contributed by atoms with Gasteiger partial charge in [0.05, 0.1) is 5.56 Å². The highest BCUT2D eigenvalue weighted by Gasteiger charge is 2.14. The van der Waals surface area contributed by atoms with Crippen LogP contribution in [-0.2, 0) is 0 Å². The van der Waals surface area contributed by atoms with Crippen LogP contribution in [0.5, 0.6) is 0 Å². The molecule has 1 aromatic heterocycles. The van der Waals surface area contributed by atoms with Crippen LogP contribution in [0.4, 0.5) is 5.69 Å². The molecule has 0 saturated carbocycles. The Hall–Kier alpha value is -1.01. The van der Waals surface area contributed by atoms with Gasteiger partial charge in [-0.1, -0.05) is 46.6 Å². The lowest BCUT2D eigenvalue weighted by Gasteiger charge is -2.07. The van der Waals surface area contributed by atoms with Gasteiger partial charge in [-0.15, -0.1) is 0 Å². The molecule has 1 N–H and O–H groups in total. The number of hydrogen-bond donors (Lipinski definition) is 1. The lowest BCUT2D eigenvalue weighted by Crippen LogP contribution is -2.13. The fraction of sp³-hybridized carbons (Fsp3) is 0.0833. The summed E-state index contributed by atoms with van der Waals surface area (Å²) in [7, 11) is 0. The van der Waals surface area contributed by atoms with Gasteiger partial charge in [0.2, 0.25) is 0 Å². The summed E-state index contributed by atoms with van der Waals surface area (Å²) in [6.45, 7) is 0. The third kappa shape index (κ3) is 3.76. The number of hydrogen-bond acceptors (Lipinski definition) is 4. The van der Waals surface area contributed by atoms with Crippen molar-refractivity contribution in [1.29, 1.82) is 0 Å². The molecule has 4 nitrogen and oxygen atoms in total. The van der Waals surface area contributed by atoms with Crippen LogP contribution in [0.1, 0.15) is 10.4 Å². The van der Waals surface area contributed by atoms with Gasteiger partial charge in [-0.25, -0.2) is 9.97 Å². The molecule has 1 amide bonds. The first-order valence-corrected chi connectivity index (χ1v) is 7.69. The monoisotopic (exact) mass is 347 g/mol. The number of nitrogens with zero attached hydrogens (tertiary/aromatic N) is 2. The van der Waals surface area contributed by atoms with Crippen LogP contribution < -0.4 is 5.32 Å². The normalized spacial score (nSPS) is 10.4. The molecule has 0 aliphatic rings. The second-order valence-corrected chi connectivity index (χ2v) is 5.68. The summed E-state index contributed by atoms with van der Waals surface area (Å²) in [4.78, 5) is 20.1. The van der Waals surface area contributed by atoms with Crippen LogP contribution in [0, 0.1) is 0 Å². The lowest BCUT2D eigenvalue weighted by molar-refractivity contribution is 0.102. The van der Waals surface area contributed by atoms with Gasteiger partial charge in [-0.05, 0) is 24.5 Å². The van der Waals surface area contributed by atoms with Crippen molar-refractivity contribution >= 4 is 58.2 Å². The Morgan fingerprint density at radius 1 is 1.20 bits per heavy atom. The number of thioether (sulfide) groups is 1. The van der Waals surface area contributed by atoms with Gasteiger partial charge < -0.3 is 5.32 Å². The summed E-state index contributed by atoms with van der Waals surface area (Å²) in [6.07, 6.45) is 3.20. The van der Waals surface area contributed by atoms with Crippen LogP contribution in [-0.4, -0.2) is 22.1 Å². The minimum atomic E-state index is -0.430. The summed E-state index contributed by atoms with van der Waals surface area (Å²) in [5.74, 6) is -0.430. The fourth-order valence-electron chi connectivity index (χ4n) is 1.42. The van der Waals surface area contributed by atoms with Gasteiger partial charge >= 0.3 is 0 Å². The number of benzene rings is 1. The Morgan fingerprint density at radius 2 is 1.85 bits per heavy atom. The van der Waals surface area contributed by atoms with Gasteiger partial charge in [0.15, 0.2) is 5.16 Å². The summed E-state index contributed by atoms with van der Waals surface area (Å²) in [5, 5.41) is 4.08. The quantitative estimate of drug-likeness (QED) is 0.507. The summed E-state index contributed by atoms with van der Waals surface area (Å²) in [6, 6.07) is 4.73. The molecule has 0 unspecified atom stereocenters. The largest absolute Gasteiger partial charge is 0.322 e. The number of halogens is 3. The van der Waals surface area contributed by atoms with Crippen LogP contribution in [0.25, 0.3) is 0 Å². The summed E-state index contributed by atoms with van der Waals surface area (Å²) < 4.78 is 0. The molecule has 1 heterocycles. The van der Waals surface area contributed by atoms with Crippen molar-refractivity contribution in [2.45, 2.75) is 5.16 Å². The zero-order chi connectivity index (χ0) is 14.7. The van der Waals surface area contributed by atoms with Crippen molar-refractivity contribution < 1.29 is 4.79 Å². The molecule has 1 aromatic carbocycles. The standard InChI is InChI=1S/C12H8Cl3N3OS/c1-20-12-16-5-9(10(15)18-12)11(19)17-8-3-6(13)2-7(14)4-8/h2-5H,1H3,(H,17,19). The van der Waals surface area contributed by atoms with Crippen LogP contribution >= 0.6 is 46.6 Å². The summed E-state index contributed by atoms with van der Waals surface area (Å²) in [5.41, 5.74) is 0.651. The van der Waals surface area contributed by atoms with Crippen LogP contribution in [0.3, 0.4) is 0 Å². The third-order valence-corrected chi connectivity index (χ3v) is 3.55.